The number of ether oxygens (including phenoxy) is 1. The highest BCUT2D eigenvalue weighted by molar-refractivity contribution is 6.31. The number of methoxy groups -OCH3 is 1. The summed E-state index contributed by atoms with van der Waals surface area (Å²) in [4.78, 5) is 24.7. The molecule has 0 aliphatic heterocycles. The van der Waals surface area contributed by atoms with Crippen LogP contribution in [0.3, 0.4) is 0 Å². The van der Waals surface area contributed by atoms with Crippen molar-refractivity contribution in [2.45, 2.75) is 13.5 Å². The number of halogens is 1. The Kier molecular flexibility index (Phi) is 5.83. The van der Waals surface area contributed by atoms with Gasteiger partial charge in [-0.2, -0.15) is 0 Å². The average molecular weight is 384 g/mol. The molecule has 7 nitrogen and oxygen atoms in total. The molecule has 2 N–H and O–H groups in total. The minimum absolute atomic E-state index is 0.244. The maximum absolute atomic E-state index is 12.3. The van der Waals surface area contributed by atoms with Gasteiger partial charge in [-0.15, -0.1) is 0 Å². The Morgan fingerprint density at radius 2 is 2.04 bits per heavy atom. The van der Waals surface area contributed by atoms with Gasteiger partial charge in [0.05, 0.1) is 25.0 Å². The van der Waals surface area contributed by atoms with Gasteiger partial charge in [0.25, 0.3) is 5.91 Å². The fraction of sp³-hybridized carbons (Fsp3) is 0.158. The molecule has 3 aromatic rings. The molecular weight excluding hydrogens is 366 g/mol. The third-order valence-electron chi connectivity index (χ3n) is 3.80. The van der Waals surface area contributed by atoms with E-state index in [0.29, 0.717) is 28.8 Å². The van der Waals surface area contributed by atoms with Crippen molar-refractivity contribution in [3.63, 3.8) is 0 Å². The summed E-state index contributed by atoms with van der Waals surface area (Å²) >= 11 is 6.13. The molecule has 0 unspecified atom stereocenters. The molecule has 0 aliphatic carbocycles. The first-order valence-corrected chi connectivity index (χ1v) is 8.56. The third-order valence-corrected chi connectivity index (χ3v) is 4.21. The van der Waals surface area contributed by atoms with E-state index in [0.717, 1.165) is 11.3 Å². The number of anilines is 2. The van der Waals surface area contributed by atoms with Gasteiger partial charge in [-0.1, -0.05) is 17.7 Å². The predicted molar refractivity (Wildman–Crippen MR) is 103 cm³/mol. The Balaban J connectivity index is 1.74. The van der Waals surface area contributed by atoms with E-state index >= 15 is 0 Å². The molecule has 0 spiro atoms. The van der Waals surface area contributed by atoms with E-state index in [1.165, 1.54) is 6.33 Å². The molecule has 1 aromatic carbocycles. The normalized spacial score (nSPS) is 10.3. The highest BCUT2D eigenvalue weighted by Gasteiger charge is 2.11. The first kappa shape index (κ1) is 18.6. The number of hydrogen-bond acceptors (Lipinski definition) is 6. The number of aromatic nitrogens is 3. The Morgan fingerprint density at radius 1 is 1.19 bits per heavy atom. The van der Waals surface area contributed by atoms with Crippen molar-refractivity contribution < 1.29 is 9.53 Å². The number of nitrogens with one attached hydrogen (secondary N) is 2. The second-order valence-electron chi connectivity index (χ2n) is 5.72. The van der Waals surface area contributed by atoms with E-state index in [4.69, 9.17) is 16.3 Å². The van der Waals surface area contributed by atoms with Crippen LogP contribution in [-0.4, -0.2) is 28.0 Å². The fourth-order valence-corrected chi connectivity index (χ4v) is 2.54. The highest BCUT2D eigenvalue weighted by Crippen LogP contribution is 2.32. The Morgan fingerprint density at radius 3 is 2.78 bits per heavy atom. The van der Waals surface area contributed by atoms with E-state index in [-0.39, 0.29) is 11.6 Å². The molecule has 27 heavy (non-hydrogen) atoms. The summed E-state index contributed by atoms with van der Waals surface area (Å²) in [5.41, 5.74) is 2.59. The van der Waals surface area contributed by atoms with Gasteiger partial charge in [0, 0.05) is 23.4 Å². The lowest BCUT2D eigenvalue weighted by Gasteiger charge is -2.13. The van der Waals surface area contributed by atoms with Crippen molar-refractivity contribution in [2.24, 2.45) is 0 Å². The zero-order valence-electron chi connectivity index (χ0n) is 14.9. The van der Waals surface area contributed by atoms with Gasteiger partial charge in [0.1, 0.15) is 23.6 Å². The topological polar surface area (TPSA) is 89.0 Å². The molecule has 0 saturated carbocycles. The SMILES string of the molecule is COc1cc(Cl)c(C)cc1Nc1cc(C(=O)NCc2ccccn2)ncn1. The Labute approximate surface area is 161 Å². The molecule has 1 amide bonds. The molecule has 8 heteroatoms. The van der Waals surface area contributed by atoms with Crippen molar-refractivity contribution >= 4 is 29.0 Å². The average Bonchev–Trinajstić information content (AvgIpc) is 2.69. The number of pyridine rings is 1. The quantitative estimate of drug-likeness (QED) is 0.677. The van der Waals surface area contributed by atoms with Gasteiger partial charge < -0.3 is 15.4 Å². The minimum Gasteiger partial charge on any atom is -0.495 e. The number of rotatable bonds is 6. The second kappa shape index (κ2) is 8.46. The van der Waals surface area contributed by atoms with E-state index in [1.807, 2.05) is 31.2 Å². The van der Waals surface area contributed by atoms with Gasteiger partial charge in [-0.25, -0.2) is 9.97 Å². The summed E-state index contributed by atoms with van der Waals surface area (Å²) in [5.74, 6) is 0.726. The van der Waals surface area contributed by atoms with Crippen LogP contribution >= 0.6 is 11.6 Å². The first-order chi connectivity index (χ1) is 13.1. The largest absolute Gasteiger partial charge is 0.495 e. The van der Waals surface area contributed by atoms with Gasteiger partial charge in [-0.05, 0) is 30.7 Å². The van der Waals surface area contributed by atoms with Gasteiger partial charge in [-0.3, -0.25) is 9.78 Å². The van der Waals surface area contributed by atoms with E-state index in [2.05, 4.69) is 25.6 Å². The summed E-state index contributed by atoms with van der Waals surface area (Å²) in [7, 11) is 1.56. The van der Waals surface area contributed by atoms with Crippen LogP contribution in [0.15, 0.2) is 48.9 Å². The minimum atomic E-state index is -0.314. The number of hydrogen-bond donors (Lipinski definition) is 2. The van der Waals surface area contributed by atoms with Crippen LogP contribution in [0.2, 0.25) is 5.02 Å². The molecule has 0 aliphatic rings. The molecule has 0 fully saturated rings. The zero-order chi connectivity index (χ0) is 19.2. The molecule has 3 rings (SSSR count). The molecule has 0 radical (unpaired) electrons. The Hall–Kier alpha value is -3.19. The van der Waals surface area contributed by atoms with Crippen LogP contribution in [0.25, 0.3) is 0 Å². The van der Waals surface area contributed by atoms with Gasteiger partial charge in [0.2, 0.25) is 0 Å². The maximum Gasteiger partial charge on any atom is 0.270 e. The summed E-state index contributed by atoms with van der Waals surface area (Å²) in [6, 6.07) is 10.7. The van der Waals surface area contributed by atoms with Crippen LogP contribution < -0.4 is 15.4 Å². The first-order valence-electron chi connectivity index (χ1n) is 8.18. The maximum atomic E-state index is 12.3. The zero-order valence-corrected chi connectivity index (χ0v) is 15.6. The Bertz CT molecular complexity index is 950. The van der Waals surface area contributed by atoms with Crippen LogP contribution in [-0.2, 0) is 6.54 Å². The smallest absolute Gasteiger partial charge is 0.270 e. The number of carbonyl (C=O) groups excluding carboxylic acids is 1. The molecular formula is C19H18ClN5O2. The molecule has 2 heterocycles. The standard InChI is InChI=1S/C19H18ClN5O2/c1-12-7-15(17(27-2)8-14(12)20)25-18-9-16(23-11-24-18)19(26)22-10-13-5-3-4-6-21-13/h3-9,11H,10H2,1-2H3,(H,22,26)(H,23,24,25). The summed E-state index contributed by atoms with van der Waals surface area (Å²) in [6.07, 6.45) is 3.00. The van der Waals surface area contributed by atoms with Gasteiger partial charge in [0.15, 0.2) is 0 Å². The lowest BCUT2D eigenvalue weighted by molar-refractivity contribution is 0.0945. The lowest BCUT2D eigenvalue weighted by Crippen LogP contribution is -2.24. The monoisotopic (exact) mass is 383 g/mol. The summed E-state index contributed by atoms with van der Waals surface area (Å²) in [6.45, 7) is 2.21. The fourth-order valence-electron chi connectivity index (χ4n) is 2.38. The molecule has 138 valence electrons. The van der Waals surface area contributed by atoms with Crippen LogP contribution in [0.1, 0.15) is 21.7 Å². The van der Waals surface area contributed by atoms with Crippen LogP contribution in [0.5, 0.6) is 5.75 Å². The van der Waals surface area contributed by atoms with Crippen LogP contribution in [0.4, 0.5) is 11.5 Å². The number of carbonyl (C=O) groups is 1. The van der Waals surface area contributed by atoms with Crippen molar-refractivity contribution in [1.29, 1.82) is 0 Å². The van der Waals surface area contributed by atoms with Crippen molar-refractivity contribution in [3.8, 4) is 5.75 Å². The van der Waals surface area contributed by atoms with Crippen molar-refractivity contribution in [2.75, 3.05) is 12.4 Å². The van der Waals surface area contributed by atoms with E-state index in [9.17, 15) is 4.79 Å². The van der Waals surface area contributed by atoms with Crippen molar-refractivity contribution in [1.82, 2.24) is 20.3 Å². The molecule has 0 bridgehead atoms. The van der Waals surface area contributed by atoms with Crippen LogP contribution in [0, 0.1) is 6.92 Å². The summed E-state index contributed by atoms with van der Waals surface area (Å²) < 4.78 is 5.34. The van der Waals surface area contributed by atoms with E-state index < -0.39 is 0 Å². The molecule has 0 saturated heterocycles. The highest BCUT2D eigenvalue weighted by atomic mass is 35.5. The molecule has 0 atom stereocenters. The number of amides is 1. The number of nitrogens with zero attached hydrogens (tertiary/aromatic N) is 3. The van der Waals surface area contributed by atoms with E-state index in [1.54, 1.807) is 25.4 Å². The number of benzene rings is 1. The lowest BCUT2D eigenvalue weighted by atomic mass is 10.2. The molecule has 2 aromatic heterocycles. The summed E-state index contributed by atoms with van der Waals surface area (Å²) in [5, 5.41) is 6.52. The van der Waals surface area contributed by atoms with Crippen molar-refractivity contribution in [3.05, 3.63) is 70.9 Å². The predicted octanol–water partition coefficient (Wildman–Crippen LogP) is 3.52. The second-order valence-corrected chi connectivity index (χ2v) is 6.13. The van der Waals surface area contributed by atoms with Gasteiger partial charge >= 0.3 is 0 Å². The number of aryl methyl sites for hydroxylation is 1. The third kappa shape index (κ3) is 4.71.